The topological polar surface area (TPSA) is 62.2 Å². The van der Waals surface area contributed by atoms with Gasteiger partial charge in [0.2, 0.25) is 0 Å². The summed E-state index contributed by atoms with van der Waals surface area (Å²) in [5.41, 5.74) is 0.0932. The van der Waals surface area contributed by atoms with E-state index in [1.165, 1.54) is 18.9 Å². The second-order valence-electron chi connectivity index (χ2n) is 4.37. The van der Waals surface area contributed by atoms with Crippen LogP contribution in [0.15, 0.2) is 18.2 Å². The number of carboxylic acid groups (broad SMARTS) is 1. The van der Waals surface area contributed by atoms with E-state index in [4.69, 9.17) is 5.11 Å². The highest BCUT2D eigenvalue weighted by atomic mass is 16.4. The van der Waals surface area contributed by atoms with Crippen LogP contribution in [0.3, 0.4) is 0 Å². The maximum absolute atomic E-state index is 10.8. The maximum atomic E-state index is 10.8. The van der Waals surface area contributed by atoms with Crippen molar-refractivity contribution in [2.45, 2.75) is 32.2 Å². The van der Waals surface area contributed by atoms with Gasteiger partial charge in [-0.25, -0.2) is 9.78 Å². The van der Waals surface area contributed by atoms with E-state index in [9.17, 15) is 4.79 Å². The Kier molecular flexibility index (Phi) is 3.08. The van der Waals surface area contributed by atoms with E-state index in [-0.39, 0.29) is 5.69 Å². The first-order valence-electron chi connectivity index (χ1n) is 5.63. The molecule has 1 heterocycles. The molecule has 1 aliphatic carbocycles. The van der Waals surface area contributed by atoms with Crippen molar-refractivity contribution in [1.29, 1.82) is 0 Å². The summed E-state index contributed by atoms with van der Waals surface area (Å²) in [5.74, 6) is 0.317. The maximum Gasteiger partial charge on any atom is 0.354 e. The van der Waals surface area contributed by atoms with Gasteiger partial charge in [-0.3, -0.25) is 0 Å². The highest BCUT2D eigenvalue weighted by Gasteiger charge is 2.23. The monoisotopic (exact) mass is 220 g/mol. The minimum Gasteiger partial charge on any atom is -0.477 e. The molecule has 0 bridgehead atoms. The Morgan fingerprint density at radius 3 is 2.94 bits per heavy atom. The van der Waals surface area contributed by atoms with Crippen LogP contribution in [0.4, 0.5) is 5.82 Å². The first kappa shape index (κ1) is 10.9. The molecule has 2 rings (SSSR count). The van der Waals surface area contributed by atoms with Gasteiger partial charge in [0, 0.05) is 6.04 Å². The van der Waals surface area contributed by atoms with Crippen LogP contribution in [0.2, 0.25) is 0 Å². The van der Waals surface area contributed by atoms with Crippen LogP contribution in [0.1, 0.15) is 36.7 Å². The minimum atomic E-state index is -0.983. The average molecular weight is 220 g/mol. The molecule has 0 radical (unpaired) electrons. The Balaban J connectivity index is 2.09. The zero-order valence-corrected chi connectivity index (χ0v) is 9.31. The van der Waals surface area contributed by atoms with E-state index < -0.39 is 5.97 Å². The number of nitrogens with zero attached hydrogens (tertiary/aromatic N) is 1. The van der Waals surface area contributed by atoms with Crippen LogP contribution in [0.5, 0.6) is 0 Å². The van der Waals surface area contributed by atoms with Crippen molar-refractivity contribution in [3.63, 3.8) is 0 Å². The van der Waals surface area contributed by atoms with Crippen LogP contribution in [-0.2, 0) is 0 Å². The van der Waals surface area contributed by atoms with Crippen LogP contribution in [0, 0.1) is 5.92 Å². The van der Waals surface area contributed by atoms with E-state index in [0.29, 0.717) is 17.8 Å². The summed E-state index contributed by atoms with van der Waals surface area (Å²) < 4.78 is 0. The lowest BCUT2D eigenvalue weighted by Crippen LogP contribution is -2.22. The molecule has 2 unspecified atom stereocenters. The third kappa shape index (κ3) is 2.32. The molecule has 0 aromatic carbocycles. The van der Waals surface area contributed by atoms with Crippen molar-refractivity contribution < 1.29 is 9.90 Å². The number of hydrogen-bond donors (Lipinski definition) is 2. The predicted octanol–water partition coefficient (Wildman–Crippen LogP) is 2.38. The summed E-state index contributed by atoms with van der Waals surface area (Å²) in [5, 5.41) is 12.1. The Morgan fingerprint density at radius 2 is 2.31 bits per heavy atom. The number of nitrogens with one attached hydrogen (secondary N) is 1. The van der Waals surface area contributed by atoms with Gasteiger partial charge in [-0.2, -0.15) is 0 Å². The lowest BCUT2D eigenvalue weighted by atomic mass is 10.1. The molecule has 86 valence electrons. The van der Waals surface area contributed by atoms with Gasteiger partial charge in [-0.05, 0) is 30.9 Å². The van der Waals surface area contributed by atoms with Crippen LogP contribution < -0.4 is 5.32 Å². The minimum absolute atomic E-state index is 0.0932. The molecule has 4 heteroatoms. The summed E-state index contributed by atoms with van der Waals surface area (Å²) in [7, 11) is 0. The normalized spacial score (nSPS) is 24.3. The Bertz CT molecular complexity index is 392. The van der Waals surface area contributed by atoms with Gasteiger partial charge in [0.1, 0.15) is 5.82 Å². The first-order valence-corrected chi connectivity index (χ1v) is 5.63. The van der Waals surface area contributed by atoms with Crippen molar-refractivity contribution in [3.05, 3.63) is 23.9 Å². The molecule has 16 heavy (non-hydrogen) atoms. The molecule has 1 saturated carbocycles. The molecular weight excluding hydrogens is 204 g/mol. The zero-order valence-electron chi connectivity index (χ0n) is 9.31. The number of anilines is 1. The fraction of sp³-hybridized carbons (Fsp3) is 0.500. The number of carboxylic acids is 1. The number of carbonyl (C=O) groups is 1. The van der Waals surface area contributed by atoms with Crippen molar-refractivity contribution in [2.24, 2.45) is 5.92 Å². The predicted molar refractivity (Wildman–Crippen MR) is 61.6 cm³/mol. The number of aromatic nitrogens is 1. The summed E-state index contributed by atoms with van der Waals surface area (Å²) >= 11 is 0. The van der Waals surface area contributed by atoms with Crippen LogP contribution in [-0.4, -0.2) is 22.1 Å². The van der Waals surface area contributed by atoms with Crippen molar-refractivity contribution in [1.82, 2.24) is 4.98 Å². The number of pyridine rings is 1. The lowest BCUT2D eigenvalue weighted by Gasteiger charge is -2.17. The zero-order chi connectivity index (χ0) is 11.5. The third-order valence-electron chi connectivity index (χ3n) is 3.16. The summed E-state index contributed by atoms with van der Waals surface area (Å²) in [4.78, 5) is 14.8. The average Bonchev–Trinajstić information content (AvgIpc) is 2.65. The van der Waals surface area contributed by atoms with Gasteiger partial charge in [0.25, 0.3) is 0 Å². The molecule has 2 atom stereocenters. The molecule has 1 fully saturated rings. The highest BCUT2D eigenvalue weighted by Crippen LogP contribution is 2.27. The fourth-order valence-corrected chi connectivity index (χ4v) is 2.18. The second-order valence-corrected chi connectivity index (χ2v) is 4.37. The van der Waals surface area contributed by atoms with E-state index in [1.54, 1.807) is 6.07 Å². The third-order valence-corrected chi connectivity index (χ3v) is 3.16. The summed E-state index contributed by atoms with van der Waals surface area (Å²) in [6, 6.07) is 5.47. The van der Waals surface area contributed by atoms with Gasteiger partial charge < -0.3 is 10.4 Å². The van der Waals surface area contributed by atoms with E-state index in [0.717, 1.165) is 6.42 Å². The van der Waals surface area contributed by atoms with Crippen molar-refractivity contribution in [2.75, 3.05) is 5.32 Å². The first-order chi connectivity index (χ1) is 7.66. The van der Waals surface area contributed by atoms with Crippen LogP contribution >= 0.6 is 0 Å². The van der Waals surface area contributed by atoms with E-state index >= 15 is 0 Å². The van der Waals surface area contributed by atoms with E-state index in [2.05, 4.69) is 17.2 Å². The number of hydrogen-bond acceptors (Lipinski definition) is 3. The Labute approximate surface area is 94.7 Å². The Morgan fingerprint density at radius 1 is 1.50 bits per heavy atom. The lowest BCUT2D eigenvalue weighted by molar-refractivity contribution is 0.0690. The molecule has 1 aromatic rings. The smallest absolute Gasteiger partial charge is 0.354 e. The fourth-order valence-electron chi connectivity index (χ4n) is 2.18. The number of rotatable bonds is 3. The molecule has 2 N–H and O–H groups in total. The summed E-state index contributed by atoms with van der Waals surface area (Å²) in [6.07, 6.45) is 3.61. The standard InChI is InChI=1S/C12H16N2O2/c1-8-4-2-5-9(8)13-11-7-3-6-10(14-11)12(15)16/h3,6-9H,2,4-5H2,1H3,(H,13,14)(H,15,16). The second kappa shape index (κ2) is 4.51. The van der Waals surface area contributed by atoms with E-state index in [1.807, 2.05) is 6.07 Å². The summed E-state index contributed by atoms with van der Waals surface area (Å²) in [6.45, 7) is 2.21. The van der Waals surface area contributed by atoms with Gasteiger partial charge in [-0.15, -0.1) is 0 Å². The molecule has 1 aromatic heterocycles. The molecule has 4 nitrogen and oxygen atoms in total. The van der Waals surface area contributed by atoms with Gasteiger partial charge >= 0.3 is 5.97 Å². The molecule has 0 spiro atoms. The molecular formula is C12H16N2O2. The largest absolute Gasteiger partial charge is 0.477 e. The molecule has 0 amide bonds. The SMILES string of the molecule is CC1CCCC1Nc1cccc(C(=O)O)n1. The molecule has 1 aliphatic rings. The van der Waals surface area contributed by atoms with Crippen molar-refractivity contribution >= 4 is 11.8 Å². The quantitative estimate of drug-likeness (QED) is 0.821. The molecule has 0 saturated heterocycles. The van der Waals surface area contributed by atoms with Gasteiger partial charge in [0.15, 0.2) is 5.69 Å². The molecule has 0 aliphatic heterocycles. The Hall–Kier alpha value is -1.58. The van der Waals surface area contributed by atoms with Gasteiger partial charge in [-0.1, -0.05) is 19.4 Å². The highest BCUT2D eigenvalue weighted by molar-refractivity contribution is 5.85. The van der Waals surface area contributed by atoms with Gasteiger partial charge in [0.05, 0.1) is 0 Å². The van der Waals surface area contributed by atoms with Crippen LogP contribution in [0.25, 0.3) is 0 Å². The van der Waals surface area contributed by atoms with Crippen molar-refractivity contribution in [3.8, 4) is 0 Å². The number of aromatic carboxylic acids is 1.